The van der Waals surface area contributed by atoms with Crippen molar-refractivity contribution in [2.45, 2.75) is 11.6 Å². The molecule has 0 bridgehead atoms. The van der Waals surface area contributed by atoms with E-state index in [0.717, 1.165) is 0 Å². The second kappa shape index (κ2) is 10.1. The number of anilines is 1. The number of ether oxygens (including phenoxy) is 2. The van der Waals surface area contributed by atoms with E-state index in [4.69, 9.17) is 9.47 Å². The first kappa shape index (κ1) is 22.3. The first-order valence-corrected chi connectivity index (χ1v) is 10.2. The molecule has 0 radical (unpaired) electrons. The van der Waals surface area contributed by atoms with E-state index in [0.29, 0.717) is 33.7 Å². The fourth-order valence-electron chi connectivity index (χ4n) is 2.73. The quantitative estimate of drug-likeness (QED) is 0.400. The second-order valence-corrected chi connectivity index (χ2v) is 7.41. The number of halogens is 1. The third-order valence-electron chi connectivity index (χ3n) is 4.41. The van der Waals surface area contributed by atoms with Gasteiger partial charge in [0.25, 0.3) is 0 Å². The molecule has 0 saturated carbocycles. The number of amides is 1. The van der Waals surface area contributed by atoms with Crippen LogP contribution in [0.25, 0.3) is 0 Å². The number of nitrogens with one attached hydrogen (secondary N) is 1. The molecule has 0 spiro atoms. The van der Waals surface area contributed by atoms with E-state index in [1.807, 2.05) is 0 Å². The fourth-order valence-corrected chi connectivity index (χ4v) is 3.55. The fraction of sp³-hybridized carbons (Fsp3) is 0.238. The van der Waals surface area contributed by atoms with Gasteiger partial charge >= 0.3 is 0 Å². The molecule has 1 aromatic heterocycles. The molecule has 8 nitrogen and oxygen atoms in total. The minimum absolute atomic E-state index is 0.00887. The Morgan fingerprint density at radius 3 is 2.45 bits per heavy atom. The number of benzene rings is 2. The summed E-state index contributed by atoms with van der Waals surface area (Å²) in [5, 5.41) is 11.3. The van der Waals surface area contributed by atoms with Crippen molar-refractivity contribution >= 4 is 29.1 Å². The Balaban J connectivity index is 1.59. The van der Waals surface area contributed by atoms with Crippen LogP contribution in [-0.2, 0) is 18.3 Å². The van der Waals surface area contributed by atoms with Gasteiger partial charge in [0.1, 0.15) is 11.6 Å². The molecule has 0 unspecified atom stereocenters. The zero-order valence-corrected chi connectivity index (χ0v) is 18.0. The molecule has 2 aromatic carbocycles. The maximum absolute atomic E-state index is 13.0. The topological polar surface area (TPSA) is 95.3 Å². The molecule has 0 saturated heterocycles. The van der Waals surface area contributed by atoms with Crippen molar-refractivity contribution in [2.24, 2.45) is 7.05 Å². The van der Waals surface area contributed by atoms with E-state index in [2.05, 4.69) is 15.5 Å². The van der Waals surface area contributed by atoms with Crippen molar-refractivity contribution < 1.29 is 23.5 Å². The summed E-state index contributed by atoms with van der Waals surface area (Å²) in [6.45, 7) is 0. The highest BCUT2D eigenvalue weighted by Gasteiger charge is 2.16. The van der Waals surface area contributed by atoms with Crippen LogP contribution >= 0.6 is 11.8 Å². The number of ketones is 1. The smallest absolute Gasteiger partial charge is 0.232 e. The average Bonchev–Trinajstić information content (AvgIpc) is 3.12. The number of rotatable bonds is 9. The molecule has 0 atom stereocenters. The van der Waals surface area contributed by atoms with Gasteiger partial charge in [0, 0.05) is 18.3 Å². The van der Waals surface area contributed by atoms with Crippen molar-refractivity contribution in [3.8, 4) is 11.5 Å². The van der Waals surface area contributed by atoms with Gasteiger partial charge in [-0.1, -0.05) is 11.8 Å². The summed E-state index contributed by atoms with van der Waals surface area (Å²) in [4.78, 5) is 24.8. The minimum Gasteiger partial charge on any atom is -0.493 e. The summed E-state index contributed by atoms with van der Waals surface area (Å²) in [7, 11) is 4.76. The third-order valence-corrected chi connectivity index (χ3v) is 5.43. The molecule has 162 valence electrons. The van der Waals surface area contributed by atoms with Crippen LogP contribution in [0.2, 0.25) is 0 Å². The molecule has 0 aliphatic carbocycles. The highest BCUT2D eigenvalue weighted by molar-refractivity contribution is 7.99. The monoisotopic (exact) mass is 444 g/mol. The number of aromatic nitrogens is 3. The average molecular weight is 444 g/mol. The Kier molecular flexibility index (Phi) is 7.24. The number of thioether (sulfide) groups is 1. The van der Waals surface area contributed by atoms with E-state index >= 15 is 0 Å². The van der Waals surface area contributed by atoms with Crippen LogP contribution in [-0.4, -0.2) is 46.4 Å². The lowest BCUT2D eigenvalue weighted by Gasteiger charge is -2.09. The van der Waals surface area contributed by atoms with Gasteiger partial charge < -0.3 is 19.4 Å². The van der Waals surface area contributed by atoms with Crippen molar-refractivity contribution in [3.05, 3.63) is 59.7 Å². The third kappa shape index (κ3) is 5.60. The van der Waals surface area contributed by atoms with E-state index in [1.54, 1.807) is 29.8 Å². The van der Waals surface area contributed by atoms with Crippen molar-refractivity contribution in [1.82, 2.24) is 14.8 Å². The zero-order valence-electron chi connectivity index (χ0n) is 17.2. The lowest BCUT2D eigenvalue weighted by atomic mass is 10.1. The number of hydrogen-bond donors (Lipinski definition) is 1. The maximum atomic E-state index is 13.0. The Morgan fingerprint density at radius 1 is 1.06 bits per heavy atom. The minimum atomic E-state index is -0.379. The van der Waals surface area contributed by atoms with Gasteiger partial charge in [0.05, 0.1) is 26.4 Å². The highest BCUT2D eigenvalue weighted by Crippen LogP contribution is 2.28. The van der Waals surface area contributed by atoms with E-state index in [1.165, 1.54) is 50.2 Å². The summed E-state index contributed by atoms with van der Waals surface area (Å²) in [6, 6.07) is 10.5. The van der Waals surface area contributed by atoms with Crippen molar-refractivity contribution in [2.75, 3.05) is 25.3 Å². The Bertz CT molecular complexity index is 1090. The molecular formula is C21H21FN4O4S. The maximum Gasteiger partial charge on any atom is 0.232 e. The lowest BCUT2D eigenvalue weighted by Crippen LogP contribution is -2.17. The summed E-state index contributed by atoms with van der Waals surface area (Å²) in [5.74, 6) is 0.819. The van der Waals surface area contributed by atoms with E-state index < -0.39 is 0 Å². The van der Waals surface area contributed by atoms with Gasteiger partial charge in [-0.15, -0.1) is 10.2 Å². The summed E-state index contributed by atoms with van der Waals surface area (Å²) < 4.78 is 25.0. The largest absolute Gasteiger partial charge is 0.493 e. The van der Waals surface area contributed by atoms with Crippen LogP contribution in [0.4, 0.5) is 10.1 Å². The first-order chi connectivity index (χ1) is 14.9. The number of methoxy groups -OCH3 is 2. The number of carbonyl (C=O) groups excluding carboxylic acids is 2. The highest BCUT2D eigenvalue weighted by atomic mass is 32.2. The molecule has 31 heavy (non-hydrogen) atoms. The Morgan fingerprint density at radius 2 is 1.77 bits per heavy atom. The molecule has 1 N–H and O–H groups in total. The standard InChI is InChI=1S/C21H21FN4O4S/c1-26-19(11-20(28)23-15-7-5-14(22)6-8-15)24-25-21(26)31-12-16(27)13-4-9-17(29-2)18(10-13)30-3/h4-10H,11-12H2,1-3H3,(H,23,28). The van der Waals surface area contributed by atoms with Gasteiger partial charge in [-0.25, -0.2) is 4.39 Å². The number of carbonyl (C=O) groups is 2. The molecule has 0 fully saturated rings. The summed E-state index contributed by atoms with van der Waals surface area (Å²) in [6.07, 6.45) is -0.00887. The molecule has 3 aromatic rings. The predicted octanol–water partition coefficient (Wildman–Crippen LogP) is 3.13. The molecule has 3 rings (SSSR count). The molecule has 1 heterocycles. The van der Waals surface area contributed by atoms with E-state index in [-0.39, 0.29) is 29.7 Å². The Hall–Kier alpha value is -3.40. The van der Waals surface area contributed by atoms with Crippen LogP contribution in [0.1, 0.15) is 16.2 Å². The zero-order chi connectivity index (χ0) is 22.4. The lowest BCUT2D eigenvalue weighted by molar-refractivity contribution is -0.115. The van der Waals surface area contributed by atoms with Gasteiger partial charge in [-0.3, -0.25) is 9.59 Å². The molecule has 1 amide bonds. The van der Waals surface area contributed by atoms with Crippen LogP contribution in [0, 0.1) is 5.82 Å². The summed E-state index contributed by atoms with van der Waals surface area (Å²) in [5.41, 5.74) is 0.981. The van der Waals surface area contributed by atoms with Gasteiger partial charge in [0.15, 0.2) is 22.4 Å². The normalized spacial score (nSPS) is 10.6. The van der Waals surface area contributed by atoms with E-state index in [9.17, 15) is 14.0 Å². The second-order valence-electron chi connectivity index (χ2n) is 6.47. The first-order valence-electron chi connectivity index (χ1n) is 9.23. The van der Waals surface area contributed by atoms with Crippen LogP contribution in [0.15, 0.2) is 47.6 Å². The summed E-state index contributed by atoms with van der Waals surface area (Å²) >= 11 is 1.22. The Labute approximate surface area is 182 Å². The molecule has 10 heteroatoms. The van der Waals surface area contributed by atoms with Crippen molar-refractivity contribution in [1.29, 1.82) is 0 Å². The van der Waals surface area contributed by atoms with Gasteiger partial charge in [0.2, 0.25) is 5.91 Å². The number of Topliss-reactive ketones (excluding diaryl/α,β-unsaturated/α-hetero) is 1. The molecule has 0 aliphatic heterocycles. The van der Waals surface area contributed by atoms with Crippen LogP contribution in [0.5, 0.6) is 11.5 Å². The number of nitrogens with zero attached hydrogens (tertiary/aromatic N) is 3. The van der Waals surface area contributed by atoms with Crippen molar-refractivity contribution in [3.63, 3.8) is 0 Å². The SMILES string of the molecule is COc1ccc(C(=O)CSc2nnc(CC(=O)Nc3ccc(F)cc3)n2C)cc1OC. The van der Waals surface area contributed by atoms with Crippen LogP contribution < -0.4 is 14.8 Å². The predicted molar refractivity (Wildman–Crippen MR) is 114 cm³/mol. The molecular weight excluding hydrogens is 423 g/mol. The van der Waals surface area contributed by atoms with Gasteiger partial charge in [-0.05, 0) is 42.5 Å². The molecule has 0 aliphatic rings. The van der Waals surface area contributed by atoms with Gasteiger partial charge in [-0.2, -0.15) is 0 Å². The van der Waals surface area contributed by atoms with Crippen LogP contribution in [0.3, 0.4) is 0 Å². The number of hydrogen-bond acceptors (Lipinski definition) is 7.